The van der Waals surface area contributed by atoms with Gasteiger partial charge < -0.3 is 4.98 Å². The zero-order valence-corrected chi connectivity index (χ0v) is 11.0. The van der Waals surface area contributed by atoms with Gasteiger partial charge in [0.2, 0.25) is 0 Å². The first kappa shape index (κ1) is 12.5. The third-order valence-corrected chi connectivity index (χ3v) is 3.65. The van der Waals surface area contributed by atoms with Gasteiger partial charge in [0.05, 0.1) is 11.3 Å². The number of hydrogen-bond acceptors (Lipinski definition) is 4. The lowest BCUT2D eigenvalue weighted by molar-refractivity contribution is 0.907. The third kappa shape index (κ3) is 2.09. The fourth-order valence-corrected chi connectivity index (χ4v) is 2.41. The van der Waals surface area contributed by atoms with Gasteiger partial charge >= 0.3 is 5.69 Å². The van der Waals surface area contributed by atoms with Crippen molar-refractivity contribution in [2.75, 3.05) is 0 Å². The number of allylic oxidation sites excluding steroid dienone is 1. The number of aryl methyl sites for hydroxylation is 1. The molecule has 102 valence electrons. The molecule has 0 amide bonds. The first-order valence-corrected chi connectivity index (χ1v) is 6.39. The Morgan fingerprint density at radius 1 is 1.40 bits per heavy atom. The van der Waals surface area contributed by atoms with Crippen LogP contribution in [0.4, 0.5) is 0 Å². The van der Waals surface area contributed by atoms with E-state index in [0.29, 0.717) is 23.1 Å². The van der Waals surface area contributed by atoms with Gasteiger partial charge in [0.15, 0.2) is 0 Å². The highest BCUT2D eigenvalue weighted by Gasteiger charge is 2.37. The Morgan fingerprint density at radius 3 is 2.85 bits per heavy atom. The molecule has 0 saturated heterocycles. The molecule has 0 unspecified atom stereocenters. The van der Waals surface area contributed by atoms with Crippen LogP contribution in [0.25, 0.3) is 11.3 Å². The standard InChI is InChI=1S/C14H14N4O2/c1-3-8-4-10(8)9-5-12(18-17-7(9)2)11-6-15-14(20)16-13(11)19/h3,5-6,8,10H,1,4H2,2H3,(H2,15,16,19,20)/t8-,10+/m1/s1. The Hall–Kier alpha value is -2.50. The number of aromatic amines is 2. The van der Waals surface area contributed by atoms with Gasteiger partial charge in [-0.25, -0.2) is 4.79 Å². The lowest BCUT2D eigenvalue weighted by Gasteiger charge is -2.05. The van der Waals surface area contributed by atoms with E-state index >= 15 is 0 Å². The lowest BCUT2D eigenvalue weighted by Crippen LogP contribution is -2.23. The van der Waals surface area contributed by atoms with Gasteiger partial charge in [0, 0.05) is 6.20 Å². The molecule has 6 heteroatoms. The normalized spacial score (nSPS) is 20.6. The molecule has 0 aliphatic heterocycles. The van der Waals surface area contributed by atoms with E-state index in [1.165, 1.54) is 6.20 Å². The topological polar surface area (TPSA) is 91.5 Å². The van der Waals surface area contributed by atoms with Gasteiger partial charge in [-0.05, 0) is 36.8 Å². The monoisotopic (exact) mass is 270 g/mol. The molecule has 2 aromatic rings. The van der Waals surface area contributed by atoms with Crippen molar-refractivity contribution in [3.63, 3.8) is 0 Å². The van der Waals surface area contributed by atoms with Gasteiger partial charge in [-0.15, -0.1) is 11.7 Å². The number of hydrogen-bond donors (Lipinski definition) is 2. The second-order valence-electron chi connectivity index (χ2n) is 5.00. The van der Waals surface area contributed by atoms with Crippen LogP contribution in [0.3, 0.4) is 0 Å². The molecule has 0 spiro atoms. The summed E-state index contributed by atoms with van der Waals surface area (Å²) in [6.07, 6.45) is 4.36. The van der Waals surface area contributed by atoms with Crippen LogP contribution >= 0.6 is 0 Å². The second kappa shape index (κ2) is 4.56. The summed E-state index contributed by atoms with van der Waals surface area (Å²) in [6.45, 7) is 5.71. The Morgan fingerprint density at radius 2 is 2.20 bits per heavy atom. The molecule has 0 bridgehead atoms. The average Bonchev–Trinajstić information content (AvgIpc) is 3.19. The van der Waals surface area contributed by atoms with E-state index in [1.807, 2.05) is 19.1 Å². The lowest BCUT2D eigenvalue weighted by atomic mass is 10.1. The van der Waals surface area contributed by atoms with E-state index in [0.717, 1.165) is 17.7 Å². The molecule has 0 radical (unpaired) electrons. The number of H-pyrrole nitrogens is 2. The molecule has 2 heterocycles. The van der Waals surface area contributed by atoms with E-state index < -0.39 is 11.2 Å². The SMILES string of the molecule is C=C[C@@H]1C[C@@H]1c1cc(-c2c[nH]c(=O)[nH]c2=O)nnc1C. The van der Waals surface area contributed by atoms with E-state index in [9.17, 15) is 9.59 Å². The van der Waals surface area contributed by atoms with E-state index in [-0.39, 0.29) is 0 Å². The molecule has 2 atom stereocenters. The molecule has 3 rings (SSSR count). The molecule has 2 N–H and O–H groups in total. The van der Waals surface area contributed by atoms with E-state index in [4.69, 9.17) is 0 Å². The maximum Gasteiger partial charge on any atom is 0.325 e. The number of aromatic nitrogens is 4. The van der Waals surface area contributed by atoms with Crippen molar-refractivity contribution in [2.45, 2.75) is 19.3 Å². The average molecular weight is 270 g/mol. The predicted octanol–water partition coefficient (Wildman–Crippen LogP) is 1.12. The summed E-state index contributed by atoms with van der Waals surface area (Å²) in [5.41, 5.74) is 1.74. The number of nitrogens with zero attached hydrogens (tertiary/aromatic N) is 2. The van der Waals surface area contributed by atoms with Gasteiger partial charge in [0.25, 0.3) is 5.56 Å². The van der Waals surface area contributed by atoms with Crippen molar-refractivity contribution < 1.29 is 0 Å². The van der Waals surface area contributed by atoms with Crippen LogP contribution in [0.2, 0.25) is 0 Å². The van der Waals surface area contributed by atoms with Crippen molar-refractivity contribution in [1.82, 2.24) is 20.2 Å². The van der Waals surface area contributed by atoms with Crippen LogP contribution in [-0.2, 0) is 0 Å². The number of nitrogens with one attached hydrogen (secondary N) is 2. The van der Waals surface area contributed by atoms with Crippen molar-refractivity contribution in [2.24, 2.45) is 5.92 Å². The van der Waals surface area contributed by atoms with Gasteiger partial charge in [-0.2, -0.15) is 5.10 Å². The zero-order valence-electron chi connectivity index (χ0n) is 11.0. The van der Waals surface area contributed by atoms with Crippen LogP contribution in [0.15, 0.2) is 34.5 Å². The molecule has 1 saturated carbocycles. The summed E-state index contributed by atoms with van der Waals surface area (Å²) >= 11 is 0. The van der Waals surface area contributed by atoms with Crippen LogP contribution in [0.5, 0.6) is 0 Å². The van der Waals surface area contributed by atoms with Crippen molar-refractivity contribution >= 4 is 0 Å². The summed E-state index contributed by atoms with van der Waals surface area (Å²) in [4.78, 5) is 27.4. The molecule has 0 aromatic carbocycles. The number of rotatable bonds is 3. The Balaban J connectivity index is 2.07. The Labute approximate surface area is 114 Å². The molecule has 1 aliphatic carbocycles. The van der Waals surface area contributed by atoms with Gasteiger partial charge in [0.1, 0.15) is 5.69 Å². The van der Waals surface area contributed by atoms with Gasteiger partial charge in [-0.1, -0.05) is 6.08 Å². The van der Waals surface area contributed by atoms with E-state index in [1.54, 1.807) is 0 Å². The molecule has 20 heavy (non-hydrogen) atoms. The maximum atomic E-state index is 11.8. The van der Waals surface area contributed by atoms with Gasteiger partial charge in [-0.3, -0.25) is 9.78 Å². The minimum absolute atomic E-state index is 0.314. The Kier molecular flexibility index (Phi) is 2.85. The van der Waals surface area contributed by atoms with Crippen molar-refractivity contribution in [3.8, 4) is 11.3 Å². The second-order valence-corrected chi connectivity index (χ2v) is 5.00. The summed E-state index contributed by atoms with van der Waals surface area (Å²) in [6, 6.07) is 1.87. The highest BCUT2D eigenvalue weighted by molar-refractivity contribution is 5.57. The molecule has 1 fully saturated rings. The quantitative estimate of drug-likeness (QED) is 0.817. The fourth-order valence-electron chi connectivity index (χ4n) is 2.41. The summed E-state index contributed by atoms with van der Waals surface area (Å²) < 4.78 is 0. The van der Waals surface area contributed by atoms with Crippen molar-refractivity contribution in [3.05, 3.63) is 57.0 Å². The van der Waals surface area contributed by atoms with Crippen LogP contribution < -0.4 is 11.2 Å². The Bertz CT molecular complexity index is 790. The first-order valence-electron chi connectivity index (χ1n) is 6.39. The zero-order chi connectivity index (χ0) is 14.3. The van der Waals surface area contributed by atoms with Crippen LogP contribution in [0.1, 0.15) is 23.6 Å². The summed E-state index contributed by atoms with van der Waals surface area (Å²) in [7, 11) is 0. The van der Waals surface area contributed by atoms with Crippen LogP contribution in [-0.4, -0.2) is 20.2 Å². The fraction of sp³-hybridized carbons (Fsp3) is 0.286. The van der Waals surface area contributed by atoms with Crippen molar-refractivity contribution in [1.29, 1.82) is 0 Å². The highest BCUT2D eigenvalue weighted by Crippen LogP contribution is 2.49. The molecule has 6 nitrogen and oxygen atoms in total. The maximum absolute atomic E-state index is 11.8. The summed E-state index contributed by atoms with van der Waals surface area (Å²) in [5, 5.41) is 8.16. The molecule has 1 aliphatic rings. The highest BCUT2D eigenvalue weighted by atomic mass is 16.2. The molecular formula is C14H14N4O2. The molecule has 2 aromatic heterocycles. The minimum Gasteiger partial charge on any atom is -0.313 e. The first-order chi connectivity index (χ1) is 9.60. The summed E-state index contributed by atoms with van der Waals surface area (Å²) in [5.74, 6) is 0.878. The minimum atomic E-state index is -0.534. The predicted molar refractivity (Wildman–Crippen MR) is 74.5 cm³/mol. The third-order valence-electron chi connectivity index (χ3n) is 3.65. The van der Waals surface area contributed by atoms with E-state index in [2.05, 4.69) is 26.7 Å². The smallest absolute Gasteiger partial charge is 0.313 e. The van der Waals surface area contributed by atoms with Crippen LogP contribution in [0, 0.1) is 12.8 Å². The largest absolute Gasteiger partial charge is 0.325 e. The molecular weight excluding hydrogens is 256 g/mol.